The van der Waals surface area contributed by atoms with Crippen LogP contribution in [0, 0.1) is 11.6 Å². The summed E-state index contributed by atoms with van der Waals surface area (Å²) in [5.74, 6) is 0.0211. The van der Waals surface area contributed by atoms with Crippen molar-refractivity contribution in [3.8, 4) is 0 Å². The number of benzene rings is 4. The topological polar surface area (TPSA) is 66.3 Å². The number of carbonyl (C=O) groups excluding carboxylic acids is 1. The van der Waals surface area contributed by atoms with Crippen molar-refractivity contribution in [3.05, 3.63) is 149 Å². The van der Waals surface area contributed by atoms with Crippen LogP contribution >= 0.6 is 0 Å². The highest BCUT2D eigenvalue weighted by Crippen LogP contribution is 2.47. The quantitative estimate of drug-likeness (QED) is 0.232. The lowest BCUT2D eigenvalue weighted by atomic mass is 9.71. The Morgan fingerprint density at radius 1 is 0.830 bits per heavy atom. The van der Waals surface area contributed by atoms with E-state index in [4.69, 9.17) is 14.8 Å². The summed E-state index contributed by atoms with van der Waals surface area (Å²) in [7, 11) is 0. The van der Waals surface area contributed by atoms with Gasteiger partial charge in [-0.15, -0.1) is 0 Å². The maximum Gasteiger partial charge on any atom is 0.408 e. The van der Waals surface area contributed by atoms with Crippen LogP contribution in [0.25, 0.3) is 5.57 Å². The number of hydrogen-bond acceptors (Lipinski definition) is 5. The minimum absolute atomic E-state index is 0.283. The van der Waals surface area contributed by atoms with E-state index >= 15 is 0 Å². The van der Waals surface area contributed by atoms with Crippen LogP contribution in [0.3, 0.4) is 0 Å². The fourth-order valence-electron chi connectivity index (χ4n) is 6.52. The molecule has 0 aromatic heterocycles. The normalized spacial score (nSPS) is 19.9. The molecule has 1 saturated carbocycles. The lowest BCUT2D eigenvalue weighted by Gasteiger charge is -2.43. The molecular formula is C39H36F2N4O2. The highest BCUT2D eigenvalue weighted by atomic mass is 19.1. The van der Waals surface area contributed by atoms with Crippen LogP contribution in [0.5, 0.6) is 0 Å². The van der Waals surface area contributed by atoms with E-state index in [0.29, 0.717) is 11.5 Å². The molecule has 1 N–H and O–H groups in total. The number of rotatable bonds is 6. The third-order valence-electron chi connectivity index (χ3n) is 8.97. The monoisotopic (exact) mass is 630 g/mol. The average molecular weight is 631 g/mol. The number of allylic oxidation sites excluding steroid dienone is 1. The second-order valence-electron chi connectivity index (χ2n) is 13.3. The highest BCUT2D eigenvalue weighted by molar-refractivity contribution is 6.31. The maximum atomic E-state index is 14.0. The zero-order valence-electron chi connectivity index (χ0n) is 26.6. The van der Waals surface area contributed by atoms with Crippen molar-refractivity contribution < 1.29 is 18.3 Å². The number of fused-ring (bicyclic) bond motifs is 1. The first kappa shape index (κ1) is 30.5. The Morgan fingerprint density at radius 3 is 2.02 bits per heavy atom. The molecule has 1 fully saturated rings. The van der Waals surface area contributed by atoms with Crippen molar-refractivity contribution >= 4 is 23.2 Å². The Hall–Kier alpha value is -5.11. The van der Waals surface area contributed by atoms with E-state index < -0.39 is 17.2 Å². The Bertz CT molecular complexity index is 1870. The van der Waals surface area contributed by atoms with Crippen LogP contribution < -0.4 is 5.32 Å². The van der Waals surface area contributed by atoms with E-state index in [2.05, 4.69) is 41.7 Å². The predicted octanol–water partition coefficient (Wildman–Crippen LogP) is 8.87. The summed E-state index contributed by atoms with van der Waals surface area (Å²) in [6.45, 7) is 5.58. The fraction of sp³-hybridized carbons (Fsp3) is 0.256. The summed E-state index contributed by atoms with van der Waals surface area (Å²) in [5.41, 5.74) is 5.01. The van der Waals surface area contributed by atoms with Gasteiger partial charge in [0, 0.05) is 11.1 Å². The third-order valence-corrected chi connectivity index (χ3v) is 8.97. The molecule has 0 radical (unpaired) electrons. The van der Waals surface area contributed by atoms with E-state index in [-0.39, 0.29) is 23.7 Å². The van der Waals surface area contributed by atoms with E-state index in [0.717, 1.165) is 52.7 Å². The van der Waals surface area contributed by atoms with Crippen LogP contribution in [0.2, 0.25) is 0 Å². The van der Waals surface area contributed by atoms with Gasteiger partial charge in [-0.2, -0.15) is 5.10 Å². The number of carbonyl (C=O) groups is 1. The van der Waals surface area contributed by atoms with Gasteiger partial charge in [0.1, 0.15) is 29.3 Å². The second kappa shape index (κ2) is 11.9. The van der Waals surface area contributed by atoms with Crippen molar-refractivity contribution in [2.75, 3.05) is 0 Å². The number of halogens is 2. The van der Waals surface area contributed by atoms with Gasteiger partial charge < -0.3 is 10.1 Å². The molecule has 0 spiro atoms. The van der Waals surface area contributed by atoms with E-state index in [1.807, 2.05) is 50.1 Å². The minimum Gasteiger partial charge on any atom is -0.444 e. The molecule has 238 valence electrons. The zero-order valence-corrected chi connectivity index (χ0v) is 26.6. The van der Waals surface area contributed by atoms with Gasteiger partial charge in [0.25, 0.3) is 0 Å². The van der Waals surface area contributed by atoms with Gasteiger partial charge in [0.05, 0.1) is 11.3 Å². The van der Waals surface area contributed by atoms with Crippen molar-refractivity contribution in [3.63, 3.8) is 0 Å². The number of amidine groups is 1. The van der Waals surface area contributed by atoms with Crippen LogP contribution in [-0.2, 0) is 10.3 Å². The van der Waals surface area contributed by atoms with E-state index in [9.17, 15) is 13.6 Å². The van der Waals surface area contributed by atoms with Gasteiger partial charge in [0.2, 0.25) is 0 Å². The Labute approximate surface area is 273 Å². The molecule has 2 unspecified atom stereocenters. The number of ether oxygens (including phenoxy) is 1. The molecule has 6 nitrogen and oxygen atoms in total. The van der Waals surface area contributed by atoms with Gasteiger partial charge in [-0.05, 0) is 105 Å². The van der Waals surface area contributed by atoms with Gasteiger partial charge in [-0.1, -0.05) is 66.7 Å². The van der Waals surface area contributed by atoms with Crippen LogP contribution in [0.1, 0.15) is 79.9 Å². The summed E-state index contributed by atoms with van der Waals surface area (Å²) in [4.78, 5) is 18.1. The van der Waals surface area contributed by atoms with Crippen molar-refractivity contribution in [2.24, 2.45) is 10.1 Å². The first-order valence-electron chi connectivity index (χ1n) is 15.9. The number of nitrogens with one attached hydrogen (secondary N) is 1. The molecule has 3 aliphatic rings. The molecule has 4 aromatic rings. The number of aliphatic imine (C=N–C) groups is 1. The average Bonchev–Trinajstić information content (AvgIpc) is 3.42. The molecule has 47 heavy (non-hydrogen) atoms. The number of hydrogen-bond donors (Lipinski definition) is 1. The molecule has 0 saturated heterocycles. The molecule has 7 rings (SSSR count). The van der Waals surface area contributed by atoms with Gasteiger partial charge in [0.15, 0.2) is 5.84 Å². The second-order valence-corrected chi connectivity index (χ2v) is 13.3. The van der Waals surface area contributed by atoms with Crippen LogP contribution in [-0.4, -0.2) is 28.3 Å². The molecule has 2 aliphatic heterocycles. The van der Waals surface area contributed by atoms with E-state index in [1.165, 1.54) is 24.3 Å². The SMILES string of the molecule is CC(C)(C)OC(=O)NC1(c2ccc(C3N=C4C(c5ccc(F)cc5)=CC(c5ccc(F)cc5)=NN4C3c3ccccc3)cc2)CCC1. The number of amides is 1. The van der Waals surface area contributed by atoms with E-state index in [1.54, 1.807) is 24.3 Å². The molecular weight excluding hydrogens is 594 g/mol. The molecule has 1 amide bonds. The molecule has 2 heterocycles. The Kier molecular flexibility index (Phi) is 7.74. The summed E-state index contributed by atoms with van der Waals surface area (Å²) in [5, 5.41) is 10.2. The lowest BCUT2D eigenvalue weighted by Crippen LogP contribution is -2.52. The van der Waals surface area contributed by atoms with Crippen LogP contribution in [0.15, 0.2) is 119 Å². The number of hydrazone groups is 1. The first-order valence-corrected chi connectivity index (χ1v) is 15.9. The van der Waals surface area contributed by atoms with Gasteiger partial charge >= 0.3 is 6.09 Å². The van der Waals surface area contributed by atoms with Gasteiger partial charge in [-0.3, -0.25) is 4.99 Å². The minimum atomic E-state index is -0.584. The molecule has 4 aromatic carbocycles. The number of nitrogens with zero attached hydrogens (tertiary/aromatic N) is 3. The summed E-state index contributed by atoms with van der Waals surface area (Å²) >= 11 is 0. The van der Waals surface area contributed by atoms with Crippen molar-refractivity contribution in [1.82, 2.24) is 10.3 Å². The molecule has 8 heteroatoms. The standard InChI is InChI=1S/C39H36F2N4O2/c1-38(2,3)47-37(46)43-39(22-7-23-39)29-16-10-27(11-17-29)34-35(28-8-5-4-6-9-28)45-36(42-34)32(25-12-18-30(40)19-13-25)24-33(44-45)26-14-20-31(41)21-15-26/h4-6,8-21,24,34-35H,7,22-23H2,1-3H3,(H,43,46). The zero-order chi connectivity index (χ0) is 32.8. The molecule has 0 bridgehead atoms. The fourth-order valence-corrected chi connectivity index (χ4v) is 6.52. The Balaban J connectivity index is 1.29. The summed E-state index contributed by atoms with van der Waals surface area (Å²) in [6, 6.07) is 30.5. The van der Waals surface area contributed by atoms with Gasteiger partial charge in [-0.25, -0.2) is 18.6 Å². The predicted molar refractivity (Wildman–Crippen MR) is 180 cm³/mol. The highest BCUT2D eigenvalue weighted by Gasteiger charge is 2.44. The van der Waals surface area contributed by atoms with Crippen LogP contribution in [0.4, 0.5) is 13.6 Å². The first-order chi connectivity index (χ1) is 22.6. The molecule has 1 aliphatic carbocycles. The maximum absolute atomic E-state index is 14.0. The molecule has 2 atom stereocenters. The van der Waals surface area contributed by atoms with Crippen molar-refractivity contribution in [2.45, 2.75) is 63.3 Å². The lowest BCUT2D eigenvalue weighted by molar-refractivity contribution is 0.0377. The third kappa shape index (κ3) is 6.08. The smallest absolute Gasteiger partial charge is 0.408 e. The Morgan fingerprint density at radius 2 is 1.45 bits per heavy atom. The van der Waals surface area contributed by atoms with Crippen molar-refractivity contribution in [1.29, 1.82) is 0 Å². The number of alkyl carbamates (subject to hydrolysis) is 1. The summed E-state index contributed by atoms with van der Waals surface area (Å²) in [6.07, 6.45) is 4.21. The largest absolute Gasteiger partial charge is 0.444 e. The summed E-state index contributed by atoms with van der Waals surface area (Å²) < 4.78 is 33.5.